The number of nitrogens with one attached hydrogen (secondary N) is 1. The zero-order valence-electron chi connectivity index (χ0n) is 19.7. The number of fused-ring (bicyclic) bond motifs is 1. The summed E-state index contributed by atoms with van der Waals surface area (Å²) in [5.41, 5.74) is 7.81. The van der Waals surface area contributed by atoms with Gasteiger partial charge in [0.25, 0.3) is 5.91 Å². The molecule has 0 radical (unpaired) electrons. The van der Waals surface area contributed by atoms with Gasteiger partial charge in [-0.3, -0.25) is 9.20 Å². The van der Waals surface area contributed by atoms with Crippen molar-refractivity contribution in [3.8, 4) is 5.75 Å². The predicted molar refractivity (Wildman–Crippen MR) is 128 cm³/mol. The molecule has 1 aromatic carbocycles. The number of aromatic nitrogens is 3. The van der Waals surface area contributed by atoms with E-state index in [1.54, 1.807) is 12.4 Å². The highest BCUT2D eigenvalue weighted by Gasteiger charge is 2.31. The number of nitrogens with two attached hydrogens (primary N) is 1. The summed E-state index contributed by atoms with van der Waals surface area (Å²) in [6.07, 6.45) is 4.63. The van der Waals surface area contributed by atoms with Gasteiger partial charge in [0.15, 0.2) is 5.82 Å². The first-order valence-corrected chi connectivity index (χ1v) is 11.7. The molecule has 2 aromatic heterocycles. The molecule has 0 spiro atoms. The third-order valence-corrected chi connectivity index (χ3v) is 6.19. The Balaban J connectivity index is 1.84. The standard InChI is InChI=1S/C24H29ClFN5O3/c1-12(2)34-21-16(13(3)23-29-14(4)20-22(27)28-7-8-31(20)23)10-17(25)19(26)18(21)24(32)30-15-6-5-9-33-11-15/h7-8,10,12-13,15H,5-6,9,11H2,1-4H3,(H2,27,28)(H,30,32)/t13-,15?/m0/s1. The molecule has 1 aliphatic heterocycles. The number of benzene rings is 1. The Hall–Kier alpha value is -2.91. The summed E-state index contributed by atoms with van der Waals surface area (Å²) in [4.78, 5) is 22.1. The summed E-state index contributed by atoms with van der Waals surface area (Å²) >= 11 is 6.30. The molecule has 0 aliphatic carbocycles. The van der Waals surface area contributed by atoms with Gasteiger partial charge in [0, 0.05) is 30.5 Å². The Bertz CT molecular complexity index is 1220. The highest BCUT2D eigenvalue weighted by Crippen LogP contribution is 2.40. The second kappa shape index (κ2) is 9.76. The number of imidazole rings is 1. The first-order valence-electron chi connectivity index (χ1n) is 11.3. The number of nitrogens with zero attached hydrogens (tertiary/aromatic N) is 3. The van der Waals surface area contributed by atoms with Gasteiger partial charge in [-0.05, 0) is 39.7 Å². The number of hydrogen-bond acceptors (Lipinski definition) is 6. The number of halogens is 2. The van der Waals surface area contributed by atoms with Crippen LogP contribution in [-0.2, 0) is 4.74 Å². The molecule has 34 heavy (non-hydrogen) atoms. The van der Waals surface area contributed by atoms with Crippen LogP contribution in [0.3, 0.4) is 0 Å². The molecule has 0 bridgehead atoms. The van der Waals surface area contributed by atoms with Crippen LogP contribution in [0.4, 0.5) is 10.2 Å². The van der Waals surface area contributed by atoms with Crippen LogP contribution in [0.25, 0.3) is 5.52 Å². The van der Waals surface area contributed by atoms with E-state index in [1.807, 2.05) is 32.1 Å². The SMILES string of the molecule is Cc1nc([C@@H](C)c2cc(Cl)c(F)c(C(=O)NC3CCCOC3)c2OC(C)C)n2ccnc(N)c12. The summed E-state index contributed by atoms with van der Waals surface area (Å²) in [5.74, 6) is -0.659. The van der Waals surface area contributed by atoms with E-state index >= 15 is 4.39 Å². The van der Waals surface area contributed by atoms with Crippen LogP contribution in [0.5, 0.6) is 5.75 Å². The molecule has 3 aromatic rings. The second-order valence-corrected chi connectivity index (χ2v) is 9.24. The molecule has 8 nitrogen and oxygen atoms in total. The molecule has 1 saturated heterocycles. The summed E-state index contributed by atoms with van der Waals surface area (Å²) < 4.78 is 28.7. The number of hydrogen-bond donors (Lipinski definition) is 2. The number of amides is 1. The van der Waals surface area contributed by atoms with Crippen molar-refractivity contribution in [1.82, 2.24) is 19.7 Å². The molecule has 3 heterocycles. The molecule has 4 rings (SSSR count). The van der Waals surface area contributed by atoms with Gasteiger partial charge < -0.3 is 20.5 Å². The largest absolute Gasteiger partial charge is 0.490 e. The van der Waals surface area contributed by atoms with Crippen molar-refractivity contribution in [2.24, 2.45) is 0 Å². The van der Waals surface area contributed by atoms with Crippen molar-refractivity contribution in [2.45, 2.75) is 58.6 Å². The molecule has 2 atom stereocenters. The number of rotatable bonds is 6. The van der Waals surface area contributed by atoms with Crippen molar-refractivity contribution >= 4 is 28.8 Å². The first-order chi connectivity index (χ1) is 16.2. The monoisotopic (exact) mass is 489 g/mol. The fourth-order valence-corrected chi connectivity index (χ4v) is 4.55. The van der Waals surface area contributed by atoms with Gasteiger partial charge in [0.05, 0.1) is 29.5 Å². The summed E-state index contributed by atoms with van der Waals surface area (Å²) in [6.45, 7) is 8.42. The molecule has 1 unspecified atom stereocenters. The van der Waals surface area contributed by atoms with Gasteiger partial charge in [0.2, 0.25) is 0 Å². The normalized spacial score (nSPS) is 17.2. The van der Waals surface area contributed by atoms with Gasteiger partial charge in [-0.2, -0.15) is 0 Å². The molecule has 1 aliphatic rings. The Morgan fingerprint density at radius 1 is 1.41 bits per heavy atom. The number of nitrogen functional groups attached to an aromatic ring is 1. The van der Waals surface area contributed by atoms with Crippen LogP contribution in [-0.4, -0.2) is 45.6 Å². The third-order valence-electron chi connectivity index (χ3n) is 5.92. The van der Waals surface area contributed by atoms with Gasteiger partial charge in [0.1, 0.15) is 28.5 Å². The van der Waals surface area contributed by atoms with Crippen molar-refractivity contribution in [2.75, 3.05) is 18.9 Å². The van der Waals surface area contributed by atoms with E-state index in [0.29, 0.717) is 41.6 Å². The lowest BCUT2D eigenvalue weighted by atomic mass is 9.95. The van der Waals surface area contributed by atoms with E-state index in [-0.39, 0.29) is 28.5 Å². The van der Waals surface area contributed by atoms with E-state index in [1.165, 1.54) is 6.07 Å². The van der Waals surface area contributed by atoms with Crippen LogP contribution in [0.15, 0.2) is 18.5 Å². The average Bonchev–Trinajstić information content (AvgIpc) is 3.13. The number of ether oxygens (including phenoxy) is 2. The molecule has 0 saturated carbocycles. The number of aryl methyl sites for hydroxylation is 1. The lowest BCUT2D eigenvalue weighted by molar-refractivity contribution is 0.0620. The van der Waals surface area contributed by atoms with Crippen molar-refractivity contribution in [3.63, 3.8) is 0 Å². The van der Waals surface area contributed by atoms with E-state index < -0.39 is 17.6 Å². The first kappa shape index (κ1) is 24.2. The van der Waals surface area contributed by atoms with Crippen molar-refractivity contribution in [3.05, 3.63) is 51.9 Å². The van der Waals surface area contributed by atoms with E-state index in [4.69, 9.17) is 31.8 Å². The van der Waals surface area contributed by atoms with Gasteiger partial charge in [-0.1, -0.05) is 18.5 Å². The number of carbonyl (C=O) groups is 1. The molecular weight excluding hydrogens is 461 g/mol. The van der Waals surface area contributed by atoms with E-state index in [0.717, 1.165) is 12.8 Å². The average molecular weight is 490 g/mol. The van der Waals surface area contributed by atoms with Gasteiger partial charge >= 0.3 is 0 Å². The molecule has 10 heteroatoms. The Morgan fingerprint density at radius 2 is 2.18 bits per heavy atom. The fourth-order valence-electron chi connectivity index (χ4n) is 4.34. The van der Waals surface area contributed by atoms with Crippen molar-refractivity contribution < 1.29 is 18.7 Å². The molecule has 1 amide bonds. The van der Waals surface area contributed by atoms with Gasteiger partial charge in [-0.15, -0.1) is 0 Å². The Kier molecular flexibility index (Phi) is 6.95. The lowest BCUT2D eigenvalue weighted by Gasteiger charge is -2.26. The minimum Gasteiger partial charge on any atom is -0.490 e. The Labute approximate surface area is 202 Å². The van der Waals surface area contributed by atoms with Crippen LogP contribution >= 0.6 is 11.6 Å². The van der Waals surface area contributed by atoms with Crippen LogP contribution in [0, 0.1) is 12.7 Å². The summed E-state index contributed by atoms with van der Waals surface area (Å²) in [5, 5.41) is 2.71. The lowest BCUT2D eigenvalue weighted by Crippen LogP contribution is -2.41. The Morgan fingerprint density at radius 3 is 2.85 bits per heavy atom. The smallest absolute Gasteiger partial charge is 0.258 e. The van der Waals surface area contributed by atoms with Crippen LogP contribution < -0.4 is 15.8 Å². The van der Waals surface area contributed by atoms with E-state index in [2.05, 4.69) is 10.3 Å². The molecule has 182 valence electrons. The minimum absolute atomic E-state index is 0.148. The highest BCUT2D eigenvalue weighted by atomic mass is 35.5. The highest BCUT2D eigenvalue weighted by molar-refractivity contribution is 6.31. The van der Waals surface area contributed by atoms with Gasteiger partial charge in [-0.25, -0.2) is 14.4 Å². The fraction of sp³-hybridized carbons (Fsp3) is 0.458. The topological polar surface area (TPSA) is 104 Å². The maximum atomic E-state index is 15.3. The van der Waals surface area contributed by atoms with E-state index in [9.17, 15) is 4.79 Å². The van der Waals surface area contributed by atoms with Crippen molar-refractivity contribution in [1.29, 1.82) is 0 Å². The quantitative estimate of drug-likeness (QED) is 0.536. The predicted octanol–water partition coefficient (Wildman–Crippen LogP) is 4.26. The molecule has 1 fully saturated rings. The zero-order valence-corrected chi connectivity index (χ0v) is 20.4. The minimum atomic E-state index is -0.819. The second-order valence-electron chi connectivity index (χ2n) is 8.83. The maximum Gasteiger partial charge on any atom is 0.258 e. The molecular formula is C24H29ClFN5O3. The number of carbonyl (C=O) groups excluding carboxylic acids is 1. The zero-order chi connectivity index (χ0) is 24.6. The third kappa shape index (κ3) is 4.54. The summed E-state index contributed by atoms with van der Waals surface area (Å²) in [6, 6.07) is 1.29. The summed E-state index contributed by atoms with van der Waals surface area (Å²) in [7, 11) is 0. The van der Waals surface area contributed by atoms with Crippen LogP contribution in [0.1, 0.15) is 67.0 Å². The maximum absolute atomic E-state index is 15.3. The number of anilines is 1. The van der Waals surface area contributed by atoms with Crippen LogP contribution in [0.2, 0.25) is 5.02 Å². The molecule has 3 N–H and O–H groups in total.